The van der Waals surface area contributed by atoms with Gasteiger partial charge < -0.3 is 14.6 Å². The molecule has 0 spiro atoms. The van der Waals surface area contributed by atoms with Crippen LogP contribution in [-0.4, -0.2) is 55.8 Å². The molecule has 1 aromatic heterocycles. The highest BCUT2D eigenvalue weighted by Crippen LogP contribution is 2.46. The van der Waals surface area contributed by atoms with Gasteiger partial charge in [-0.1, -0.05) is 36.9 Å². The Morgan fingerprint density at radius 3 is 2.51 bits per heavy atom. The average Bonchev–Trinajstić information content (AvgIpc) is 3.15. The van der Waals surface area contributed by atoms with Crippen LogP contribution in [0.4, 0.5) is 0 Å². The van der Waals surface area contributed by atoms with E-state index in [4.69, 9.17) is 9.26 Å². The van der Waals surface area contributed by atoms with E-state index in [1.807, 2.05) is 30.3 Å². The maximum Gasteiger partial charge on any atom is 0.291 e. The molecule has 1 N–H and O–H groups in total. The molecule has 2 bridgehead atoms. The third-order valence-corrected chi connectivity index (χ3v) is 9.42. The predicted octanol–water partition coefficient (Wildman–Crippen LogP) is 4.43. The molecule has 35 heavy (non-hydrogen) atoms. The maximum absolute atomic E-state index is 13.4. The van der Waals surface area contributed by atoms with E-state index in [9.17, 15) is 13.2 Å². The van der Waals surface area contributed by atoms with Gasteiger partial charge in [-0.15, -0.1) is 0 Å². The zero-order valence-corrected chi connectivity index (χ0v) is 22.5. The first kappa shape index (κ1) is 26.0. The summed E-state index contributed by atoms with van der Waals surface area (Å²) < 4.78 is 35.8. The summed E-state index contributed by atoms with van der Waals surface area (Å²) in [5.74, 6) is 2.04. The van der Waals surface area contributed by atoms with Crippen molar-refractivity contribution in [2.24, 2.45) is 17.8 Å². The lowest BCUT2D eigenvalue weighted by molar-refractivity contribution is 0.0591. The Balaban J connectivity index is 1.51. The summed E-state index contributed by atoms with van der Waals surface area (Å²) in [5.41, 5.74) is -0.286. The molecule has 0 saturated heterocycles. The summed E-state index contributed by atoms with van der Waals surface area (Å²) in [4.78, 5) is 14.8. The van der Waals surface area contributed by atoms with E-state index < -0.39 is 10.0 Å². The molecule has 10 heteroatoms. The van der Waals surface area contributed by atoms with E-state index in [0.29, 0.717) is 16.7 Å². The zero-order valence-electron chi connectivity index (χ0n) is 20.8. The van der Waals surface area contributed by atoms with Crippen LogP contribution >= 0.6 is 11.8 Å². The number of hydrogen-bond donors (Lipinski definition) is 1. The van der Waals surface area contributed by atoms with Crippen LogP contribution in [0.5, 0.6) is 5.88 Å². The van der Waals surface area contributed by atoms with Gasteiger partial charge in [0.25, 0.3) is 11.8 Å². The Morgan fingerprint density at radius 2 is 1.89 bits per heavy atom. The lowest BCUT2D eigenvalue weighted by atomic mass is 9.62. The summed E-state index contributed by atoms with van der Waals surface area (Å²) >= 11 is 1.34. The Bertz CT molecular complexity index is 1120. The minimum Gasteiger partial charge on any atom is -0.473 e. The van der Waals surface area contributed by atoms with Crippen LogP contribution in [0.3, 0.4) is 0 Å². The lowest BCUT2D eigenvalue weighted by Gasteiger charge is -2.47. The monoisotopic (exact) mass is 521 g/mol. The molecule has 0 radical (unpaired) electrons. The van der Waals surface area contributed by atoms with E-state index in [0.717, 1.165) is 29.9 Å². The molecule has 4 rings (SSSR count). The second kappa shape index (κ2) is 10.5. The van der Waals surface area contributed by atoms with Crippen molar-refractivity contribution in [3.05, 3.63) is 36.1 Å². The zero-order chi connectivity index (χ0) is 25.2. The molecular weight excluding hydrogens is 486 g/mol. The largest absolute Gasteiger partial charge is 0.473 e. The lowest BCUT2D eigenvalue weighted by Crippen LogP contribution is -2.52. The quantitative estimate of drug-likeness (QED) is 0.521. The van der Waals surface area contributed by atoms with Crippen molar-refractivity contribution in [3.8, 4) is 5.88 Å². The smallest absolute Gasteiger partial charge is 0.291 e. The maximum atomic E-state index is 13.4. The van der Waals surface area contributed by atoms with Crippen molar-refractivity contribution in [1.29, 1.82) is 0 Å². The van der Waals surface area contributed by atoms with E-state index in [1.54, 1.807) is 0 Å². The van der Waals surface area contributed by atoms with Gasteiger partial charge in [0.15, 0.2) is 0 Å². The standard InChI is InChI=1S/C25H35N3O5S2/c1-17-12-18-14-19(13-17)16-25(2,15-18)26-23(29)21-22(34-20-8-6-5-7-9-20)24(27-33-21)32-11-10-28(3)35(4,30)31/h5-9,17-19H,10-16H2,1-4H3,(H,26,29). The van der Waals surface area contributed by atoms with Gasteiger partial charge >= 0.3 is 0 Å². The molecule has 2 aromatic rings. The molecular formula is C25H35N3O5S2. The van der Waals surface area contributed by atoms with Crippen molar-refractivity contribution in [3.63, 3.8) is 0 Å². The summed E-state index contributed by atoms with van der Waals surface area (Å²) in [5, 5.41) is 7.29. The van der Waals surface area contributed by atoms with Crippen LogP contribution in [0.1, 0.15) is 56.5 Å². The highest BCUT2D eigenvalue weighted by Gasteiger charge is 2.42. The second-order valence-electron chi connectivity index (χ2n) is 10.5. The molecule has 1 aromatic carbocycles. The number of nitrogens with zero attached hydrogens (tertiary/aromatic N) is 2. The molecule has 2 unspecified atom stereocenters. The average molecular weight is 522 g/mol. The Morgan fingerprint density at radius 1 is 1.23 bits per heavy atom. The Kier molecular flexibility index (Phi) is 7.83. The minimum absolute atomic E-state index is 0.0821. The van der Waals surface area contributed by atoms with E-state index in [2.05, 4.69) is 24.3 Å². The normalized spacial score (nSPS) is 26.5. The van der Waals surface area contributed by atoms with Crippen molar-refractivity contribution in [1.82, 2.24) is 14.8 Å². The van der Waals surface area contributed by atoms with E-state index >= 15 is 0 Å². The van der Waals surface area contributed by atoms with Crippen LogP contribution in [0, 0.1) is 17.8 Å². The number of fused-ring (bicyclic) bond motifs is 2. The summed E-state index contributed by atoms with van der Waals surface area (Å²) in [6, 6.07) is 9.63. The van der Waals surface area contributed by atoms with Crippen molar-refractivity contribution < 1.29 is 22.5 Å². The third kappa shape index (κ3) is 6.59. The number of amides is 1. The molecule has 2 saturated carbocycles. The molecule has 2 atom stereocenters. The molecule has 2 aliphatic rings. The van der Waals surface area contributed by atoms with Crippen LogP contribution in [0.15, 0.2) is 44.6 Å². The first-order valence-corrected chi connectivity index (χ1v) is 14.8. The van der Waals surface area contributed by atoms with Crippen molar-refractivity contribution in [2.75, 3.05) is 26.5 Å². The molecule has 2 fully saturated rings. The SMILES string of the molecule is CC1CC2CC(C1)CC(C)(NC(=O)c1onc(OCCN(C)S(C)(=O)=O)c1Sc1ccccc1)C2. The molecule has 0 aliphatic heterocycles. The highest BCUT2D eigenvalue weighted by molar-refractivity contribution is 7.99. The van der Waals surface area contributed by atoms with Crippen LogP contribution in [0.25, 0.3) is 0 Å². The van der Waals surface area contributed by atoms with Crippen LogP contribution in [0.2, 0.25) is 0 Å². The second-order valence-corrected chi connectivity index (χ2v) is 13.6. The first-order valence-electron chi connectivity index (χ1n) is 12.1. The van der Waals surface area contributed by atoms with Gasteiger partial charge in [-0.05, 0) is 74.1 Å². The van der Waals surface area contributed by atoms with Gasteiger partial charge in [0.2, 0.25) is 15.8 Å². The van der Waals surface area contributed by atoms with E-state index in [-0.39, 0.29) is 36.2 Å². The number of rotatable bonds is 9. The number of hydrogen-bond acceptors (Lipinski definition) is 7. The summed E-state index contributed by atoms with van der Waals surface area (Å²) in [7, 11) is -1.83. The van der Waals surface area contributed by atoms with Gasteiger partial charge in [-0.2, -0.15) is 0 Å². The summed E-state index contributed by atoms with van der Waals surface area (Å²) in [6.07, 6.45) is 6.78. The number of benzene rings is 1. The number of likely N-dealkylation sites (N-methyl/N-ethyl adjacent to an activating group) is 1. The Labute approximate surface area is 212 Å². The fraction of sp³-hybridized carbons (Fsp3) is 0.600. The van der Waals surface area contributed by atoms with Crippen LogP contribution in [-0.2, 0) is 10.0 Å². The fourth-order valence-electron chi connectivity index (χ4n) is 5.66. The van der Waals surface area contributed by atoms with Gasteiger partial charge in [0, 0.05) is 24.0 Å². The van der Waals surface area contributed by atoms with Gasteiger partial charge in [0.05, 0.1) is 6.26 Å². The predicted molar refractivity (Wildman–Crippen MR) is 135 cm³/mol. The van der Waals surface area contributed by atoms with Crippen molar-refractivity contribution in [2.45, 2.75) is 61.3 Å². The Hall–Kier alpha value is -2.04. The number of aromatic nitrogens is 1. The van der Waals surface area contributed by atoms with Gasteiger partial charge in [-0.25, -0.2) is 12.7 Å². The number of ether oxygens (including phenoxy) is 1. The summed E-state index contributed by atoms with van der Waals surface area (Å²) in [6.45, 7) is 4.71. The van der Waals surface area contributed by atoms with Crippen LogP contribution < -0.4 is 10.1 Å². The highest BCUT2D eigenvalue weighted by atomic mass is 32.2. The van der Waals surface area contributed by atoms with Crippen molar-refractivity contribution >= 4 is 27.7 Å². The molecule has 1 amide bonds. The molecule has 2 aliphatic carbocycles. The molecule has 8 nitrogen and oxygen atoms in total. The minimum atomic E-state index is -3.32. The number of sulfonamides is 1. The van der Waals surface area contributed by atoms with Gasteiger partial charge in [-0.3, -0.25) is 4.79 Å². The number of carbonyl (C=O) groups excluding carboxylic acids is 1. The van der Waals surface area contributed by atoms with E-state index in [1.165, 1.54) is 42.4 Å². The molecule has 1 heterocycles. The topological polar surface area (TPSA) is 102 Å². The fourth-order valence-corrected chi connectivity index (χ4v) is 7.00. The van der Waals surface area contributed by atoms with Gasteiger partial charge in [0.1, 0.15) is 11.5 Å². The number of nitrogens with one attached hydrogen (secondary N) is 1. The third-order valence-electron chi connectivity index (χ3n) is 7.03. The first-order chi connectivity index (χ1) is 16.5. The molecule has 192 valence electrons. The number of carbonyl (C=O) groups is 1.